The number of hydrogen-bond donors (Lipinski definition) is 2. The molecule has 29 heavy (non-hydrogen) atoms. The number of anilines is 2. The SMILES string of the molecule is CC(C)(C)c1ccc(OCCCC(=O)Nc2ccccc2NC(=O)CC#N)cc1. The number of carbonyl (C=O) groups is 2. The molecule has 0 aliphatic carbocycles. The van der Waals surface area contributed by atoms with E-state index in [4.69, 9.17) is 10.00 Å². The summed E-state index contributed by atoms with van der Waals surface area (Å²) >= 11 is 0. The summed E-state index contributed by atoms with van der Waals surface area (Å²) in [6, 6.07) is 16.7. The van der Waals surface area contributed by atoms with E-state index in [-0.39, 0.29) is 17.7 Å². The molecule has 2 aromatic rings. The molecule has 0 saturated heterocycles. The zero-order chi connectivity index (χ0) is 21.3. The molecule has 2 aromatic carbocycles. The Hall–Kier alpha value is -3.33. The van der Waals surface area contributed by atoms with Gasteiger partial charge in [-0.05, 0) is 41.7 Å². The number of ether oxygens (including phenoxy) is 1. The summed E-state index contributed by atoms with van der Waals surface area (Å²) in [6.07, 6.45) is 0.618. The van der Waals surface area contributed by atoms with Gasteiger partial charge in [-0.25, -0.2) is 0 Å². The van der Waals surface area contributed by atoms with Crippen molar-refractivity contribution in [3.8, 4) is 11.8 Å². The van der Waals surface area contributed by atoms with E-state index in [1.165, 1.54) is 5.56 Å². The molecule has 2 amide bonds. The summed E-state index contributed by atoms with van der Waals surface area (Å²) in [5.74, 6) is 0.197. The lowest BCUT2D eigenvalue weighted by molar-refractivity contribution is -0.117. The Morgan fingerprint density at radius 3 is 2.10 bits per heavy atom. The average Bonchev–Trinajstić information content (AvgIpc) is 2.67. The zero-order valence-corrected chi connectivity index (χ0v) is 17.1. The molecule has 0 fully saturated rings. The Morgan fingerprint density at radius 1 is 0.966 bits per heavy atom. The van der Waals surface area contributed by atoms with Crippen LogP contribution < -0.4 is 15.4 Å². The normalized spacial score (nSPS) is 10.7. The van der Waals surface area contributed by atoms with Crippen LogP contribution in [0.3, 0.4) is 0 Å². The van der Waals surface area contributed by atoms with Crippen molar-refractivity contribution >= 4 is 23.2 Å². The van der Waals surface area contributed by atoms with Crippen molar-refractivity contribution < 1.29 is 14.3 Å². The van der Waals surface area contributed by atoms with Gasteiger partial charge in [-0.2, -0.15) is 5.26 Å². The van der Waals surface area contributed by atoms with Crippen LogP contribution in [0, 0.1) is 11.3 Å². The molecule has 0 aliphatic heterocycles. The molecule has 0 radical (unpaired) electrons. The average molecular weight is 393 g/mol. The summed E-state index contributed by atoms with van der Waals surface area (Å²) in [4.78, 5) is 23.8. The van der Waals surface area contributed by atoms with Gasteiger partial charge in [-0.15, -0.1) is 0 Å². The smallest absolute Gasteiger partial charge is 0.238 e. The van der Waals surface area contributed by atoms with Crippen LogP contribution in [-0.4, -0.2) is 18.4 Å². The lowest BCUT2D eigenvalue weighted by Crippen LogP contribution is -2.16. The number of hydrogen-bond acceptors (Lipinski definition) is 4. The first-order valence-electron chi connectivity index (χ1n) is 9.58. The second kappa shape index (κ2) is 10.3. The topological polar surface area (TPSA) is 91.2 Å². The largest absolute Gasteiger partial charge is 0.494 e. The van der Waals surface area contributed by atoms with E-state index < -0.39 is 5.91 Å². The second-order valence-electron chi connectivity index (χ2n) is 7.70. The molecular formula is C23H27N3O3. The number of benzene rings is 2. The van der Waals surface area contributed by atoms with Gasteiger partial charge in [0, 0.05) is 6.42 Å². The minimum atomic E-state index is -0.417. The Labute approximate surface area is 171 Å². The minimum Gasteiger partial charge on any atom is -0.494 e. The number of carbonyl (C=O) groups excluding carboxylic acids is 2. The Balaban J connectivity index is 1.79. The van der Waals surface area contributed by atoms with E-state index in [1.54, 1.807) is 30.3 Å². The first kappa shape index (κ1) is 22.0. The quantitative estimate of drug-likeness (QED) is 0.640. The first-order chi connectivity index (χ1) is 13.8. The number of nitrogens with zero attached hydrogens (tertiary/aromatic N) is 1. The van der Waals surface area contributed by atoms with Gasteiger partial charge in [0.25, 0.3) is 0 Å². The molecule has 6 heteroatoms. The summed E-state index contributed by atoms with van der Waals surface area (Å²) < 4.78 is 5.71. The van der Waals surface area contributed by atoms with Crippen molar-refractivity contribution in [1.82, 2.24) is 0 Å². The monoisotopic (exact) mass is 393 g/mol. The van der Waals surface area contributed by atoms with Crippen LogP contribution in [0.5, 0.6) is 5.75 Å². The number of amides is 2. The highest BCUT2D eigenvalue weighted by atomic mass is 16.5. The van der Waals surface area contributed by atoms with Crippen LogP contribution in [-0.2, 0) is 15.0 Å². The molecule has 0 heterocycles. The summed E-state index contributed by atoms with van der Waals surface area (Å²) in [7, 11) is 0. The third kappa shape index (κ3) is 7.30. The van der Waals surface area contributed by atoms with Crippen LogP contribution in [0.25, 0.3) is 0 Å². The lowest BCUT2D eigenvalue weighted by atomic mass is 9.87. The summed E-state index contributed by atoms with van der Waals surface area (Å²) in [6.45, 7) is 6.92. The number of rotatable bonds is 8. The van der Waals surface area contributed by atoms with Gasteiger partial charge in [-0.3, -0.25) is 9.59 Å². The minimum absolute atomic E-state index is 0.0982. The van der Waals surface area contributed by atoms with E-state index in [9.17, 15) is 9.59 Å². The van der Waals surface area contributed by atoms with E-state index in [0.717, 1.165) is 5.75 Å². The zero-order valence-electron chi connectivity index (χ0n) is 17.1. The Bertz CT molecular complexity index is 877. The lowest BCUT2D eigenvalue weighted by Gasteiger charge is -2.19. The van der Waals surface area contributed by atoms with Gasteiger partial charge in [0.1, 0.15) is 12.2 Å². The molecule has 2 rings (SSSR count). The molecular weight excluding hydrogens is 366 g/mol. The van der Waals surface area contributed by atoms with Crippen LogP contribution in [0.15, 0.2) is 48.5 Å². The maximum absolute atomic E-state index is 12.2. The Morgan fingerprint density at radius 2 is 1.55 bits per heavy atom. The van der Waals surface area contributed by atoms with Gasteiger partial charge in [0.05, 0.1) is 24.1 Å². The van der Waals surface area contributed by atoms with Crippen molar-refractivity contribution in [3.63, 3.8) is 0 Å². The molecule has 0 aliphatic rings. The fourth-order valence-electron chi connectivity index (χ4n) is 2.65. The third-order valence-electron chi connectivity index (χ3n) is 4.25. The predicted octanol–water partition coefficient (Wildman–Crippen LogP) is 4.63. The number of nitriles is 1. The van der Waals surface area contributed by atoms with E-state index in [2.05, 4.69) is 43.5 Å². The predicted molar refractivity (Wildman–Crippen MR) is 114 cm³/mol. The molecule has 152 valence electrons. The molecule has 0 saturated carbocycles. The molecule has 0 spiro atoms. The number of para-hydroxylation sites is 2. The first-order valence-corrected chi connectivity index (χ1v) is 9.58. The molecule has 0 aromatic heterocycles. The van der Waals surface area contributed by atoms with Crippen LogP contribution >= 0.6 is 0 Å². The summed E-state index contributed by atoms with van der Waals surface area (Å²) in [5, 5.41) is 14.0. The molecule has 0 atom stereocenters. The van der Waals surface area contributed by atoms with Crippen molar-refractivity contribution in [2.24, 2.45) is 0 Å². The fourth-order valence-corrected chi connectivity index (χ4v) is 2.65. The van der Waals surface area contributed by atoms with Gasteiger partial charge in [-0.1, -0.05) is 45.0 Å². The van der Waals surface area contributed by atoms with Crippen LogP contribution in [0.1, 0.15) is 45.6 Å². The van der Waals surface area contributed by atoms with E-state index >= 15 is 0 Å². The van der Waals surface area contributed by atoms with Crippen molar-refractivity contribution in [2.75, 3.05) is 17.2 Å². The van der Waals surface area contributed by atoms with E-state index in [1.807, 2.05) is 12.1 Å². The van der Waals surface area contributed by atoms with Gasteiger partial charge in [0.15, 0.2) is 0 Å². The highest BCUT2D eigenvalue weighted by molar-refractivity contribution is 5.99. The van der Waals surface area contributed by atoms with Gasteiger partial charge in [0.2, 0.25) is 11.8 Å². The van der Waals surface area contributed by atoms with Gasteiger partial charge < -0.3 is 15.4 Å². The maximum atomic E-state index is 12.2. The fraction of sp³-hybridized carbons (Fsp3) is 0.348. The van der Waals surface area contributed by atoms with Crippen LogP contribution in [0.4, 0.5) is 11.4 Å². The molecule has 2 N–H and O–H groups in total. The van der Waals surface area contributed by atoms with Crippen LogP contribution in [0.2, 0.25) is 0 Å². The summed E-state index contributed by atoms with van der Waals surface area (Å²) in [5.41, 5.74) is 2.31. The van der Waals surface area contributed by atoms with Crippen molar-refractivity contribution in [2.45, 2.75) is 45.4 Å². The second-order valence-corrected chi connectivity index (χ2v) is 7.70. The molecule has 6 nitrogen and oxygen atoms in total. The standard InChI is InChI=1S/C23H27N3O3/c1-23(2,3)17-10-12-18(13-11-17)29-16-6-9-21(27)25-19-7-4-5-8-20(19)26-22(28)14-15-24/h4-5,7-8,10-13H,6,9,14,16H2,1-3H3,(H,25,27)(H,26,28). The van der Waals surface area contributed by atoms with Crippen molar-refractivity contribution in [1.29, 1.82) is 5.26 Å². The molecule has 0 bridgehead atoms. The van der Waals surface area contributed by atoms with Gasteiger partial charge >= 0.3 is 0 Å². The molecule has 0 unspecified atom stereocenters. The maximum Gasteiger partial charge on any atom is 0.238 e. The highest BCUT2D eigenvalue weighted by Crippen LogP contribution is 2.24. The number of nitrogens with one attached hydrogen (secondary N) is 2. The highest BCUT2D eigenvalue weighted by Gasteiger charge is 2.13. The Kier molecular flexibility index (Phi) is 7.79. The van der Waals surface area contributed by atoms with E-state index in [0.29, 0.717) is 30.8 Å². The van der Waals surface area contributed by atoms with Crippen molar-refractivity contribution in [3.05, 3.63) is 54.1 Å². The third-order valence-corrected chi connectivity index (χ3v) is 4.25.